The van der Waals surface area contributed by atoms with E-state index in [0.717, 1.165) is 12.7 Å². The molecule has 1 fully saturated rings. The molecule has 1 saturated heterocycles. The molecule has 35 heavy (non-hydrogen) atoms. The van der Waals surface area contributed by atoms with Gasteiger partial charge in [0.25, 0.3) is 0 Å². The predicted molar refractivity (Wildman–Crippen MR) is 123 cm³/mol. The van der Waals surface area contributed by atoms with E-state index in [9.17, 15) is 19.2 Å². The summed E-state index contributed by atoms with van der Waals surface area (Å²) >= 11 is 0.709. The summed E-state index contributed by atoms with van der Waals surface area (Å²) in [7, 11) is 0. The van der Waals surface area contributed by atoms with Gasteiger partial charge < -0.3 is 0 Å². The van der Waals surface area contributed by atoms with E-state index in [0.29, 0.717) is 18.5 Å². The first kappa shape index (κ1) is 27.3. The molecule has 0 saturated carbocycles. The van der Waals surface area contributed by atoms with E-state index in [1.807, 2.05) is 12.1 Å². The van der Waals surface area contributed by atoms with E-state index < -0.39 is 61.1 Å². The Balaban J connectivity index is 1.29. The predicted octanol–water partition coefficient (Wildman–Crippen LogP) is -6.78. The molecular formula is C23H22I4N3O5-3. The van der Waals surface area contributed by atoms with E-state index in [2.05, 4.69) is 56.6 Å². The fourth-order valence-corrected chi connectivity index (χ4v) is 10.4. The Kier molecular flexibility index (Phi) is 9.87. The van der Waals surface area contributed by atoms with Crippen LogP contribution in [0.1, 0.15) is 34.3 Å². The van der Waals surface area contributed by atoms with Crippen molar-refractivity contribution in [3.05, 3.63) is 63.8 Å². The number of nitrogens with one attached hydrogen (secondary N) is 2. The molecule has 12 heteroatoms. The van der Waals surface area contributed by atoms with Crippen LogP contribution in [0.25, 0.3) is 0 Å². The summed E-state index contributed by atoms with van der Waals surface area (Å²) in [6.07, 6.45) is 0.128. The summed E-state index contributed by atoms with van der Waals surface area (Å²) in [6.45, 7) is 2.47. The van der Waals surface area contributed by atoms with Crippen LogP contribution in [0.4, 0.5) is 4.79 Å². The fourth-order valence-electron chi connectivity index (χ4n) is 3.72. The first-order chi connectivity index (χ1) is 16.9. The second-order valence-electron chi connectivity index (χ2n) is 7.74. The normalized spacial score (nSPS) is 17.6. The molecule has 1 atom stereocenters. The third kappa shape index (κ3) is 6.97. The summed E-state index contributed by atoms with van der Waals surface area (Å²) in [5, 5.41) is 2.31. The Hall–Kier alpha value is -0.760. The first-order valence-electron chi connectivity index (χ1n) is 10.6. The summed E-state index contributed by atoms with van der Waals surface area (Å²) in [5.41, 5.74) is 2.67. The van der Waals surface area contributed by atoms with E-state index in [1.165, 1.54) is 22.9 Å². The second kappa shape index (κ2) is 12.7. The quantitative estimate of drug-likeness (QED) is 0.119. The van der Waals surface area contributed by atoms with Crippen molar-refractivity contribution in [1.82, 2.24) is 13.7 Å². The van der Waals surface area contributed by atoms with Gasteiger partial charge in [0.1, 0.15) is 0 Å². The molecule has 0 spiro atoms. The molecule has 0 aliphatic carbocycles. The average Bonchev–Trinajstić information content (AvgIpc) is 3.16. The van der Waals surface area contributed by atoms with Crippen LogP contribution in [0, 0.1) is 17.6 Å². The number of halogens is 4. The van der Waals surface area contributed by atoms with Crippen molar-refractivity contribution in [2.75, 3.05) is 8.86 Å². The van der Waals surface area contributed by atoms with E-state index in [-0.39, 0.29) is 39.4 Å². The summed E-state index contributed by atoms with van der Waals surface area (Å²) < 4.78 is 14.3. The van der Waals surface area contributed by atoms with Gasteiger partial charge in [0.15, 0.2) is 0 Å². The molecular weight excluding hydrogens is 906 g/mol. The van der Waals surface area contributed by atoms with E-state index in [4.69, 9.17) is 3.07 Å². The minimum atomic E-state index is -1.07. The maximum absolute atomic E-state index is 12.9. The van der Waals surface area contributed by atoms with Crippen LogP contribution in [0.15, 0.2) is 36.4 Å². The summed E-state index contributed by atoms with van der Waals surface area (Å²) in [6, 6.07) is 11.3. The molecule has 2 aliphatic heterocycles. The molecule has 2 heterocycles. The molecule has 2 N–H and O–H groups in total. The van der Waals surface area contributed by atoms with Crippen LogP contribution in [-0.2, 0) is 19.2 Å². The van der Waals surface area contributed by atoms with Crippen LogP contribution in [-0.4, -0.2) is 43.6 Å². The van der Waals surface area contributed by atoms with Gasteiger partial charge >= 0.3 is 252 Å². The van der Waals surface area contributed by atoms with Crippen LogP contribution >= 0.6 is 22.6 Å². The van der Waals surface area contributed by atoms with Crippen molar-refractivity contribution in [1.29, 1.82) is 0 Å². The minimum absolute atomic E-state index is 0.0572. The number of piperidine rings is 1. The second-order valence-corrected chi connectivity index (χ2v) is 16.3. The molecule has 2 aliphatic rings. The summed E-state index contributed by atoms with van der Waals surface area (Å²) in [4.78, 5) is 50.4. The Morgan fingerprint density at radius 3 is 2.74 bits per heavy atom. The topological polar surface area (TPSA) is 105 Å². The molecule has 4 amide bonds. The number of hydrogen-bond acceptors (Lipinski definition) is 5. The number of carbonyl (C=O) groups excluding carboxylic acids is 4. The van der Waals surface area contributed by atoms with Gasteiger partial charge in [-0.1, -0.05) is 0 Å². The van der Waals surface area contributed by atoms with Gasteiger partial charge in [-0.25, -0.2) is 0 Å². The zero-order chi connectivity index (χ0) is 24.9. The van der Waals surface area contributed by atoms with Crippen LogP contribution < -0.4 is 73.2 Å². The number of aryl methyl sites for hydroxylation is 1. The van der Waals surface area contributed by atoms with E-state index in [1.54, 1.807) is 6.07 Å². The fraction of sp³-hybridized carbons (Fsp3) is 0.304. The third-order valence-electron chi connectivity index (χ3n) is 5.35. The van der Waals surface area contributed by atoms with Gasteiger partial charge in [0, 0.05) is 0 Å². The summed E-state index contributed by atoms with van der Waals surface area (Å²) in [5.74, 6) is -0.957. The van der Waals surface area contributed by atoms with Crippen LogP contribution in [0.2, 0.25) is 0 Å². The molecule has 0 bridgehead atoms. The zero-order valence-electron chi connectivity index (χ0n) is 18.6. The van der Waals surface area contributed by atoms with Crippen molar-refractivity contribution < 1.29 is 86.5 Å². The van der Waals surface area contributed by atoms with E-state index >= 15 is 0 Å². The van der Waals surface area contributed by atoms with Crippen molar-refractivity contribution in [2.24, 2.45) is 0 Å². The molecule has 0 radical (unpaired) electrons. The number of imide groups is 1. The number of carbonyl (C=O) groups is 4. The van der Waals surface area contributed by atoms with Gasteiger partial charge in [0.2, 0.25) is 0 Å². The zero-order valence-corrected chi connectivity index (χ0v) is 27.2. The van der Waals surface area contributed by atoms with Gasteiger partial charge in [0.05, 0.1) is 0 Å². The van der Waals surface area contributed by atoms with Crippen molar-refractivity contribution >= 4 is 46.4 Å². The third-order valence-corrected chi connectivity index (χ3v) is 14.9. The maximum atomic E-state index is 12.9. The Morgan fingerprint density at radius 2 is 2.00 bits per heavy atom. The molecule has 1 unspecified atom stereocenters. The Bertz CT molecular complexity index is 1180. The monoisotopic (exact) mass is 928 g/mol. The molecule has 8 nitrogen and oxygen atoms in total. The molecule has 4 rings (SSSR count). The average molecular weight is 928 g/mol. The number of hydrogen-bond donors (Lipinski definition) is 2. The van der Waals surface area contributed by atoms with Crippen molar-refractivity contribution in [3.8, 4) is 0 Å². The number of rotatable bonds is 8. The van der Waals surface area contributed by atoms with Gasteiger partial charge in [-0.15, -0.1) is 0 Å². The molecule has 2 aromatic rings. The number of fused-ring (bicyclic) bond motifs is 1. The van der Waals surface area contributed by atoms with Crippen molar-refractivity contribution in [3.63, 3.8) is 0 Å². The number of benzene rings is 2. The molecule has 190 valence electrons. The van der Waals surface area contributed by atoms with Gasteiger partial charge in [-0.2, -0.15) is 0 Å². The van der Waals surface area contributed by atoms with Crippen molar-refractivity contribution in [2.45, 2.75) is 32.4 Å². The number of nitrogens with zero attached hydrogens (tertiary/aromatic N) is 1. The van der Waals surface area contributed by atoms with Crippen LogP contribution in [0.3, 0.4) is 0 Å². The SMILES string of the molecule is Cc1cc([I-]NC(=O)O[I-]c2ccc3c(c2)C(=O)N(C2CCC(=O)NC2=O)C3)ccc1[I-]CCI. The number of amides is 4. The Morgan fingerprint density at radius 1 is 1.20 bits per heavy atom. The van der Waals surface area contributed by atoms with Gasteiger partial charge in [-0.05, 0) is 0 Å². The molecule has 0 aromatic heterocycles. The standard InChI is InChI=1S/C23H22I4N3O5/c1-13-10-15(4-5-18(13)25-9-8-24)26-29-23(34)35-27-16-3-2-14-12-30(22(33)17(14)11-16)19-6-7-20(31)28-21(19)32/h2-5,10-11,19H,6-9,12H2,1H3,(H,29,34)(H,28,31,32)/q-3. The molecule has 2 aromatic carbocycles. The van der Waals surface area contributed by atoms with Gasteiger partial charge in [-0.3, -0.25) is 0 Å². The number of alkyl halides is 2. The Labute approximate surface area is 248 Å². The first-order valence-corrected chi connectivity index (χ1v) is 18.9. The van der Waals surface area contributed by atoms with Crippen LogP contribution in [0.5, 0.6) is 0 Å².